The van der Waals surface area contributed by atoms with Crippen molar-refractivity contribution in [2.45, 2.75) is 32.4 Å². The molecule has 0 unspecified atom stereocenters. The van der Waals surface area contributed by atoms with Crippen molar-refractivity contribution >= 4 is 39.1 Å². The van der Waals surface area contributed by atoms with Gasteiger partial charge in [0.05, 0.1) is 0 Å². The molecule has 0 atom stereocenters. The largest absolute Gasteiger partial charge is 0.488 e. The molecule has 0 spiro atoms. The molecule has 2 N–H and O–H groups in total. The summed E-state index contributed by atoms with van der Waals surface area (Å²) in [7, 11) is 0. The van der Waals surface area contributed by atoms with E-state index < -0.39 is 0 Å². The molecule has 3 nitrogen and oxygen atoms in total. The van der Waals surface area contributed by atoms with E-state index in [9.17, 15) is 0 Å². The Hall–Kier alpha value is -0.780. The number of halogens is 3. The van der Waals surface area contributed by atoms with Crippen LogP contribution >= 0.6 is 39.1 Å². The second-order valence-electron chi connectivity index (χ2n) is 5.70. The Bertz CT molecular complexity index is 662. The number of hydrogen-bond donors (Lipinski definition) is 2. The average Bonchev–Trinajstić information content (AvgIpc) is 2.59. The molecule has 0 saturated heterocycles. The smallest absolute Gasteiger partial charge is 0.124 e. The third-order valence-corrected chi connectivity index (χ3v) is 4.98. The van der Waals surface area contributed by atoms with Gasteiger partial charge in [0.1, 0.15) is 12.4 Å². The van der Waals surface area contributed by atoms with Crippen LogP contribution < -0.4 is 10.1 Å². The third kappa shape index (κ3) is 6.80. The van der Waals surface area contributed by atoms with Gasteiger partial charge >= 0.3 is 0 Å². The zero-order chi connectivity index (χ0) is 18.1. The van der Waals surface area contributed by atoms with Crippen LogP contribution in [0.15, 0.2) is 40.9 Å². The van der Waals surface area contributed by atoms with E-state index >= 15 is 0 Å². The van der Waals surface area contributed by atoms with E-state index in [-0.39, 0.29) is 6.61 Å². The van der Waals surface area contributed by atoms with Crippen LogP contribution in [0.3, 0.4) is 0 Å². The molecule has 2 aromatic carbocycles. The molecule has 2 rings (SSSR count). The number of aliphatic hydroxyl groups is 1. The van der Waals surface area contributed by atoms with Gasteiger partial charge in [0, 0.05) is 38.8 Å². The maximum absolute atomic E-state index is 8.80. The number of nitrogens with one attached hydrogen (secondary N) is 1. The van der Waals surface area contributed by atoms with Crippen molar-refractivity contribution in [1.82, 2.24) is 5.32 Å². The molecule has 0 aromatic heterocycles. The number of aliphatic hydroxyl groups excluding tert-OH is 1. The molecule has 0 aliphatic rings. The first-order chi connectivity index (χ1) is 12.1. The van der Waals surface area contributed by atoms with E-state index in [4.69, 9.17) is 33.0 Å². The molecule has 0 aliphatic heterocycles. The predicted octanol–water partition coefficient (Wildman–Crippen LogP) is 5.59. The molecule has 136 valence electrons. The SMILES string of the molecule is OCCCCCNCc1cc(Br)ccc1OCc1c(Cl)cccc1Cl. The first-order valence-corrected chi connectivity index (χ1v) is 9.82. The summed E-state index contributed by atoms with van der Waals surface area (Å²) in [4.78, 5) is 0. The topological polar surface area (TPSA) is 41.5 Å². The van der Waals surface area contributed by atoms with Crippen molar-refractivity contribution in [3.05, 3.63) is 62.0 Å². The summed E-state index contributed by atoms with van der Waals surface area (Å²) in [5.74, 6) is 0.807. The molecule has 0 fully saturated rings. The first-order valence-electron chi connectivity index (χ1n) is 8.27. The van der Waals surface area contributed by atoms with E-state index in [0.717, 1.165) is 47.2 Å². The van der Waals surface area contributed by atoms with E-state index in [1.54, 1.807) is 0 Å². The minimum atomic E-state index is 0.258. The number of hydrogen-bond acceptors (Lipinski definition) is 3. The fourth-order valence-corrected chi connectivity index (χ4v) is 3.32. The number of unbranched alkanes of at least 4 members (excludes halogenated alkanes) is 2. The summed E-state index contributed by atoms with van der Waals surface area (Å²) in [6.45, 7) is 2.20. The van der Waals surface area contributed by atoms with Crippen LogP contribution in [0.25, 0.3) is 0 Å². The van der Waals surface area contributed by atoms with Gasteiger partial charge in [-0.05, 0) is 56.1 Å². The van der Waals surface area contributed by atoms with Gasteiger partial charge < -0.3 is 15.2 Å². The summed E-state index contributed by atoms with van der Waals surface area (Å²) in [6, 6.07) is 11.4. The second-order valence-corrected chi connectivity index (χ2v) is 7.43. The minimum Gasteiger partial charge on any atom is -0.488 e. The quantitative estimate of drug-likeness (QED) is 0.467. The van der Waals surface area contributed by atoms with Crippen molar-refractivity contribution in [3.63, 3.8) is 0 Å². The highest BCUT2D eigenvalue weighted by atomic mass is 79.9. The fraction of sp³-hybridized carbons (Fsp3) is 0.368. The summed E-state index contributed by atoms with van der Waals surface area (Å²) < 4.78 is 6.98. The van der Waals surface area contributed by atoms with E-state index in [0.29, 0.717) is 23.2 Å². The summed E-state index contributed by atoms with van der Waals surface area (Å²) >= 11 is 15.9. The first kappa shape index (κ1) is 20.5. The van der Waals surface area contributed by atoms with Gasteiger partial charge in [-0.2, -0.15) is 0 Å². The summed E-state index contributed by atoms with van der Waals surface area (Å²) in [5.41, 5.74) is 1.86. The third-order valence-electron chi connectivity index (χ3n) is 3.78. The Morgan fingerprint density at radius 3 is 2.52 bits per heavy atom. The lowest BCUT2D eigenvalue weighted by Gasteiger charge is -2.14. The van der Waals surface area contributed by atoms with Crippen LogP contribution in [0.1, 0.15) is 30.4 Å². The molecule has 25 heavy (non-hydrogen) atoms. The van der Waals surface area contributed by atoms with Crippen LogP contribution in [0, 0.1) is 0 Å². The minimum absolute atomic E-state index is 0.258. The lowest BCUT2D eigenvalue weighted by Crippen LogP contribution is -2.15. The zero-order valence-electron chi connectivity index (χ0n) is 13.9. The van der Waals surface area contributed by atoms with Crippen molar-refractivity contribution in [3.8, 4) is 5.75 Å². The highest BCUT2D eigenvalue weighted by molar-refractivity contribution is 9.10. The standard InChI is InChI=1S/C19H22BrCl2NO2/c20-15-7-8-19(14(11-15)12-23-9-2-1-3-10-24)25-13-16-17(21)5-4-6-18(16)22/h4-8,11,23-24H,1-3,9-10,12-13H2. The molecule has 2 aromatic rings. The lowest BCUT2D eigenvalue weighted by molar-refractivity contribution is 0.282. The lowest BCUT2D eigenvalue weighted by atomic mass is 10.2. The van der Waals surface area contributed by atoms with Crippen molar-refractivity contribution in [2.75, 3.05) is 13.2 Å². The molecule has 0 saturated carbocycles. The molecule has 0 bridgehead atoms. The van der Waals surface area contributed by atoms with Gasteiger partial charge in [0.2, 0.25) is 0 Å². The molecular formula is C19H22BrCl2NO2. The van der Waals surface area contributed by atoms with Gasteiger partial charge in [-0.3, -0.25) is 0 Å². The van der Waals surface area contributed by atoms with E-state index in [2.05, 4.69) is 21.2 Å². The zero-order valence-corrected chi connectivity index (χ0v) is 17.0. The Morgan fingerprint density at radius 2 is 1.80 bits per heavy atom. The van der Waals surface area contributed by atoms with Crippen LogP contribution in [-0.2, 0) is 13.2 Å². The number of ether oxygens (including phenoxy) is 1. The number of rotatable bonds is 10. The molecular weight excluding hydrogens is 425 g/mol. The molecule has 0 amide bonds. The summed E-state index contributed by atoms with van der Waals surface area (Å²) in [6.07, 6.45) is 2.92. The molecule has 0 aliphatic carbocycles. The molecule has 6 heteroatoms. The van der Waals surface area contributed by atoms with Crippen LogP contribution in [0.2, 0.25) is 10.0 Å². The van der Waals surface area contributed by atoms with Gasteiger partial charge in [-0.15, -0.1) is 0 Å². The van der Waals surface area contributed by atoms with Crippen molar-refractivity contribution < 1.29 is 9.84 Å². The Morgan fingerprint density at radius 1 is 1.04 bits per heavy atom. The Kier molecular flexibility index (Phi) is 9.07. The van der Waals surface area contributed by atoms with Crippen LogP contribution in [0.5, 0.6) is 5.75 Å². The van der Waals surface area contributed by atoms with Gasteiger partial charge in [0.25, 0.3) is 0 Å². The number of benzene rings is 2. The maximum Gasteiger partial charge on any atom is 0.124 e. The molecule has 0 heterocycles. The Balaban J connectivity index is 1.96. The van der Waals surface area contributed by atoms with Gasteiger partial charge in [-0.1, -0.05) is 45.2 Å². The van der Waals surface area contributed by atoms with Crippen molar-refractivity contribution in [2.24, 2.45) is 0 Å². The van der Waals surface area contributed by atoms with E-state index in [1.807, 2.05) is 36.4 Å². The van der Waals surface area contributed by atoms with Crippen LogP contribution in [-0.4, -0.2) is 18.3 Å². The van der Waals surface area contributed by atoms with Gasteiger partial charge in [0.15, 0.2) is 0 Å². The second kappa shape index (κ2) is 11.0. The summed E-state index contributed by atoms with van der Waals surface area (Å²) in [5, 5.41) is 13.4. The maximum atomic E-state index is 8.80. The highest BCUT2D eigenvalue weighted by Crippen LogP contribution is 2.28. The van der Waals surface area contributed by atoms with E-state index in [1.165, 1.54) is 0 Å². The van der Waals surface area contributed by atoms with Gasteiger partial charge in [-0.25, -0.2) is 0 Å². The fourth-order valence-electron chi connectivity index (χ4n) is 2.41. The highest BCUT2D eigenvalue weighted by Gasteiger charge is 2.09. The molecule has 0 radical (unpaired) electrons. The van der Waals surface area contributed by atoms with Crippen molar-refractivity contribution in [1.29, 1.82) is 0 Å². The monoisotopic (exact) mass is 445 g/mol. The van der Waals surface area contributed by atoms with Crippen LogP contribution in [0.4, 0.5) is 0 Å². The average molecular weight is 447 g/mol. The normalized spacial score (nSPS) is 10.9. The Labute approximate surface area is 167 Å². The predicted molar refractivity (Wildman–Crippen MR) is 108 cm³/mol.